The summed E-state index contributed by atoms with van der Waals surface area (Å²) in [6.45, 7) is 6.49. The Labute approximate surface area is 127 Å². The molecule has 2 fully saturated rings. The van der Waals surface area contributed by atoms with E-state index in [9.17, 15) is 0 Å². The van der Waals surface area contributed by atoms with Crippen molar-refractivity contribution in [3.05, 3.63) is 11.9 Å². The quantitative estimate of drug-likeness (QED) is 0.925. The molecule has 3 rings (SSSR count). The van der Waals surface area contributed by atoms with Crippen LogP contribution in [0.25, 0.3) is 0 Å². The normalized spacial score (nSPS) is 26.2. The summed E-state index contributed by atoms with van der Waals surface area (Å²) in [7, 11) is 4.21. The first kappa shape index (κ1) is 14.6. The molecule has 2 atom stereocenters. The lowest BCUT2D eigenvalue weighted by Gasteiger charge is -2.27. The molecule has 3 heterocycles. The third-order valence-corrected chi connectivity index (χ3v) is 4.97. The molecule has 5 nitrogen and oxygen atoms in total. The number of rotatable bonds is 3. The lowest BCUT2D eigenvalue weighted by atomic mass is 10.1. The number of fused-ring (bicyclic) bond motifs is 2. The second kappa shape index (κ2) is 5.79. The first-order valence-corrected chi connectivity index (χ1v) is 8.12. The van der Waals surface area contributed by atoms with Crippen LogP contribution in [-0.2, 0) is 0 Å². The Kier molecular flexibility index (Phi) is 4.02. The van der Waals surface area contributed by atoms with Gasteiger partial charge in [-0.25, -0.2) is 9.97 Å². The van der Waals surface area contributed by atoms with Crippen LogP contribution in [0.2, 0.25) is 0 Å². The lowest BCUT2D eigenvalue weighted by Crippen LogP contribution is -2.37. The van der Waals surface area contributed by atoms with Gasteiger partial charge in [0.2, 0.25) is 0 Å². The van der Waals surface area contributed by atoms with E-state index in [2.05, 4.69) is 47.1 Å². The molecule has 2 aliphatic heterocycles. The van der Waals surface area contributed by atoms with Crippen molar-refractivity contribution < 1.29 is 0 Å². The van der Waals surface area contributed by atoms with Gasteiger partial charge in [-0.2, -0.15) is 0 Å². The lowest BCUT2D eigenvalue weighted by molar-refractivity contribution is 0.254. The maximum atomic E-state index is 4.81. The van der Waals surface area contributed by atoms with Crippen LogP contribution in [0.5, 0.6) is 0 Å². The number of aromatic nitrogens is 2. The summed E-state index contributed by atoms with van der Waals surface area (Å²) in [4.78, 5) is 14.4. The third-order valence-electron chi connectivity index (χ3n) is 4.97. The molecule has 2 aliphatic rings. The zero-order valence-corrected chi connectivity index (χ0v) is 13.6. The van der Waals surface area contributed by atoms with Crippen molar-refractivity contribution in [2.75, 3.05) is 37.4 Å². The summed E-state index contributed by atoms with van der Waals surface area (Å²) in [6, 6.07) is 3.52. The van der Waals surface area contributed by atoms with Crippen molar-refractivity contribution in [1.82, 2.24) is 14.9 Å². The predicted molar refractivity (Wildman–Crippen MR) is 87.1 cm³/mol. The van der Waals surface area contributed by atoms with Gasteiger partial charge in [-0.1, -0.05) is 13.8 Å². The van der Waals surface area contributed by atoms with Crippen LogP contribution in [0.4, 0.5) is 11.6 Å². The summed E-state index contributed by atoms with van der Waals surface area (Å²) in [5.41, 5.74) is 0. The summed E-state index contributed by atoms with van der Waals surface area (Å²) in [6.07, 6.45) is 3.92. The minimum Gasteiger partial charge on any atom is -0.373 e. The predicted octanol–water partition coefficient (Wildman–Crippen LogP) is 2.31. The van der Waals surface area contributed by atoms with E-state index in [1.54, 1.807) is 0 Å². The van der Waals surface area contributed by atoms with Gasteiger partial charge in [0.25, 0.3) is 0 Å². The second-order valence-corrected chi connectivity index (χ2v) is 6.66. The van der Waals surface area contributed by atoms with Crippen LogP contribution in [0, 0.1) is 0 Å². The number of hydrogen-bond acceptors (Lipinski definition) is 5. The summed E-state index contributed by atoms with van der Waals surface area (Å²) < 4.78 is 0. The molecule has 0 saturated carbocycles. The molecule has 5 heteroatoms. The van der Waals surface area contributed by atoms with Crippen LogP contribution in [0.15, 0.2) is 6.07 Å². The van der Waals surface area contributed by atoms with E-state index in [-0.39, 0.29) is 0 Å². The Morgan fingerprint density at radius 2 is 1.95 bits per heavy atom. The molecular weight excluding hydrogens is 262 g/mol. The van der Waals surface area contributed by atoms with Gasteiger partial charge in [0.1, 0.15) is 17.5 Å². The van der Waals surface area contributed by atoms with Crippen LogP contribution >= 0.6 is 0 Å². The molecule has 2 unspecified atom stereocenters. The van der Waals surface area contributed by atoms with Gasteiger partial charge in [0.05, 0.1) is 0 Å². The Bertz CT molecular complexity index is 501. The highest BCUT2D eigenvalue weighted by Gasteiger charge is 2.35. The van der Waals surface area contributed by atoms with Gasteiger partial charge in [0.15, 0.2) is 0 Å². The van der Waals surface area contributed by atoms with E-state index in [1.165, 1.54) is 19.3 Å². The zero-order valence-electron chi connectivity index (χ0n) is 13.6. The SMILES string of the molecule is CNc1cc(N2CCC3CCC(C2)N3C)nc(C(C)C)n1. The van der Waals surface area contributed by atoms with Crippen LogP contribution < -0.4 is 10.2 Å². The minimum absolute atomic E-state index is 0.350. The minimum atomic E-state index is 0.350. The molecule has 1 aromatic heterocycles. The molecule has 116 valence electrons. The standard InChI is InChI=1S/C16H27N5/c1-11(2)16-18-14(17-3)9-15(19-16)21-8-7-12-5-6-13(10-21)20(12)4/h9,11-13H,5-8,10H2,1-4H3,(H,17,18,19). The highest BCUT2D eigenvalue weighted by Crippen LogP contribution is 2.31. The van der Waals surface area contributed by atoms with Gasteiger partial charge in [0, 0.05) is 44.2 Å². The van der Waals surface area contributed by atoms with E-state index in [0.29, 0.717) is 12.0 Å². The fourth-order valence-corrected chi connectivity index (χ4v) is 3.52. The Balaban J connectivity index is 1.87. The van der Waals surface area contributed by atoms with Gasteiger partial charge in [-0.3, -0.25) is 4.90 Å². The van der Waals surface area contributed by atoms with Crippen molar-refractivity contribution in [2.45, 2.75) is 51.1 Å². The van der Waals surface area contributed by atoms with Crippen LogP contribution in [0.3, 0.4) is 0 Å². The molecule has 0 amide bonds. The average molecular weight is 289 g/mol. The Morgan fingerprint density at radius 1 is 1.19 bits per heavy atom. The topological polar surface area (TPSA) is 44.3 Å². The molecule has 0 radical (unpaired) electrons. The van der Waals surface area contributed by atoms with Crippen molar-refractivity contribution in [3.63, 3.8) is 0 Å². The maximum absolute atomic E-state index is 4.81. The van der Waals surface area contributed by atoms with E-state index in [4.69, 9.17) is 4.98 Å². The number of likely N-dealkylation sites (N-methyl/N-ethyl adjacent to an activating group) is 1. The average Bonchev–Trinajstić information content (AvgIpc) is 2.71. The van der Waals surface area contributed by atoms with Gasteiger partial charge in [-0.05, 0) is 26.3 Å². The van der Waals surface area contributed by atoms with E-state index in [1.807, 2.05) is 7.05 Å². The van der Waals surface area contributed by atoms with Gasteiger partial charge < -0.3 is 10.2 Å². The van der Waals surface area contributed by atoms with Gasteiger partial charge in [-0.15, -0.1) is 0 Å². The molecule has 21 heavy (non-hydrogen) atoms. The maximum Gasteiger partial charge on any atom is 0.135 e. The third kappa shape index (κ3) is 2.84. The molecular formula is C16H27N5. The number of nitrogens with one attached hydrogen (secondary N) is 1. The summed E-state index contributed by atoms with van der Waals surface area (Å²) in [5.74, 6) is 3.29. The zero-order chi connectivity index (χ0) is 15.0. The van der Waals surface area contributed by atoms with E-state index >= 15 is 0 Å². The number of nitrogens with zero attached hydrogens (tertiary/aromatic N) is 4. The summed E-state index contributed by atoms with van der Waals surface area (Å²) in [5, 5.41) is 3.17. The van der Waals surface area contributed by atoms with Gasteiger partial charge >= 0.3 is 0 Å². The number of hydrogen-bond donors (Lipinski definition) is 1. The van der Waals surface area contributed by atoms with Crippen molar-refractivity contribution in [2.24, 2.45) is 0 Å². The highest BCUT2D eigenvalue weighted by atomic mass is 15.3. The fourth-order valence-electron chi connectivity index (χ4n) is 3.52. The monoisotopic (exact) mass is 289 g/mol. The van der Waals surface area contributed by atoms with E-state index < -0.39 is 0 Å². The number of anilines is 2. The Hall–Kier alpha value is -1.36. The molecule has 0 aromatic carbocycles. The molecule has 0 spiro atoms. The van der Waals surface area contributed by atoms with E-state index in [0.717, 1.165) is 36.6 Å². The first-order valence-electron chi connectivity index (χ1n) is 8.12. The molecule has 1 aromatic rings. The highest BCUT2D eigenvalue weighted by molar-refractivity contribution is 5.50. The van der Waals surface area contributed by atoms with Crippen LogP contribution in [0.1, 0.15) is 44.9 Å². The van der Waals surface area contributed by atoms with Crippen molar-refractivity contribution in [3.8, 4) is 0 Å². The molecule has 2 saturated heterocycles. The van der Waals surface area contributed by atoms with Crippen molar-refractivity contribution >= 4 is 11.6 Å². The fraction of sp³-hybridized carbons (Fsp3) is 0.750. The molecule has 0 aliphatic carbocycles. The summed E-state index contributed by atoms with van der Waals surface area (Å²) >= 11 is 0. The first-order chi connectivity index (χ1) is 10.1. The molecule has 1 N–H and O–H groups in total. The second-order valence-electron chi connectivity index (χ2n) is 6.66. The van der Waals surface area contributed by atoms with Crippen molar-refractivity contribution in [1.29, 1.82) is 0 Å². The Morgan fingerprint density at radius 3 is 2.67 bits per heavy atom. The molecule has 2 bridgehead atoms. The smallest absolute Gasteiger partial charge is 0.135 e. The largest absolute Gasteiger partial charge is 0.373 e. The van der Waals surface area contributed by atoms with Crippen LogP contribution in [-0.4, -0.2) is 54.1 Å².